The lowest BCUT2D eigenvalue weighted by Crippen LogP contribution is -2.49. The lowest BCUT2D eigenvalue weighted by molar-refractivity contribution is -0.125. The maximum atomic E-state index is 13.0. The Balaban J connectivity index is 3.14. The van der Waals surface area contributed by atoms with Gasteiger partial charge in [0.15, 0.2) is 0 Å². The van der Waals surface area contributed by atoms with Crippen LogP contribution in [0.3, 0.4) is 0 Å². The van der Waals surface area contributed by atoms with Crippen molar-refractivity contribution >= 4 is 28.8 Å². The molecule has 0 heterocycles. The van der Waals surface area contributed by atoms with Crippen LogP contribution in [0, 0.1) is 5.41 Å². The van der Waals surface area contributed by atoms with Crippen molar-refractivity contribution in [3.05, 3.63) is 24.3 Å². The fraction of sp³-hybridized carbons (Fsp3) is 0.500. The van der Waals surface area contributed by atoms with E-state index in [4.69, 9.17) is 18.0 Å². The van der Waals surface area contributed by atoms with Crippen LogP contribution in [0.5, 0.6) is 5.75 Å². The van der Waals surface area contributed by atoms with E-state index in [1.54, 1.807) is 36.2 Å². The Morgan fingerprint density at radius 3 is 2.10 bits per heavy atom. The van der Waals surface area contributed by atoms with Crippen LogP contribution < -0.4 is 10.6 Å². The van der Waals surface area contributed by atoms with Gasteiger partial charge in [-0.1, -0.05) is 38.9 Å². The van der Waals surface area contributed by atoms with Gasteiger partial charge in [-0.05, 0) is 37.1 Å². The van der Waals surface area contributed by atoms with Crippen LogP contribution in [0.15, 0.2) is 24.3 Å². The van der Waals surface area contributed by atoms with Crippen molar-refractivity contribution in [1.29, 1.82) is 0 Å². The molecule has 21 heavy (non-hydrogen) atoms. The molecule has 5 heteroatoms. The zero-order valence-electron chi connectivity index (χ0n) is 12.9. The summed E-state index contributed by atoms with van der Waals surface area (Å²) in [6.07, 6.45) is 2.98. The van der Waals surface area contributed by atoms with Gasteiger partial charge in [-0.3, -0.25) is 4.79 Å². The number of nitrogens with zero attached hydrogens (tertiary/aromatic N) is 1. The molecule has 0 unspecified atom stereocenters. The fourth-order valence-corrected chi connectivity index (χ4v) is 2.95. The summed E-state index contributed by atoms with van der Waals surface area (Å²) in [5, 5.41) is 9.35. The Morgan fingerprint density at radius 1 is 1.24 bits per heavy atom. The molecule has 0 radical (unpaired) electrons. The molecule has 0 fully saturated rings. The van der Waals surface area contributed by atoms with Crippen LogP contribution in [0.25, 0.3) is 0 Å². The Kier molecular flexibility index (Phi) is 6.15. The number of carbonyl (C=O) groups excluding carboxylic acids is 1. The molecule has 0 aliphatic rings. The van der Waals surface area contributed by atoms with Gasteiger partial charge in [0.2, 0.25) is 5.91 Å². The quantitative estimate of drug-likeness (QED) is 0.759. The van der Waals surface area contributed by atoms with Gasteiger partial charge >= 0.3 is 0 Å². The molecule has 0 saturated carbocycles. The third-order valence-electron chi connectivity index (χ3n) is 3.78. The monoisotopic (exact) mass is 308 g/mol. The van der Waals surface area contributed by atoms with Crippen LogP contribution in [0.4, 0.5) is 5.69 Å². The van der Waals surface area contributed by atoms with E-state index in [9.17, 15) is 9.90 Å². The number of rotatable bonds is 7. The van der Waals surface area contributed by atoms with Crippen LogP contribution >= 0.6 is 12.2 Å². The van der Waals surface area contributed by atoms with Crippen molar-refractivity contribution in [2.24, 2.45) is 11.1 Å². The summed E-state index contributed by atoms with van der Waals surface area (Å²) in [4.78, 5) is 14.8. The number of amides is 1. The first kappa shape index (κ1) is 17.4. The topological polar surface area (TPSA) is 66.6 Å². The van der Waals surface area contributed by atoms with Crippen molar-refractivity contribution in [2.45, 2.75) is 39.5 Å². The molecule has 0 spiro atoms. The molecule has 1 aromatic carbocycles. The van der Waals surface area contributed by atoms with E-state index in [-0.39, 0.29) is 16.6 Å². The molecule has 0 saturated heterocycles. The Morgan fingerprint density at radius 2 is 1.71 bits per heavy atom. The van der Waals surface area contributed by atoms with Crippen LogP contribution in [0.2, 0.25) is 0 Å². The molecule has 116 valence electrons. The van der Waals surface area contributed by atoms with Gasteiger partial charge < -0.3 is 15.7 Å². The zero-order chi connectivity index (χ0) is 16.0. The third-order valence-corrected chi connectivity index (χ3v) is 4.17. The number of hydrogen-bond acceptors (Lipinski definition) is 3. The summed E-state index contributed by atoms with van der Waals surface area (Å²) in [6.45, 7) is 4.05. The Hall–Kier alpha value is -1.62. The highest BCUT2D eigenvalue weighted by atomic mass is 32.1. The van der Waals surface area contributed by atoms with Crippen LogP contribution in [-0.4, -0.2) is 23.0 Å². The van der Waals surface area contributed by atoms with Gasteiger partial charge in [0, 0.05) is 12.7 Å². The van der Waals surface area contributed by atoms with Gasteiger partial charge in [-0.2, -0.15) is 0 Å². The molecule has 1 amide bonds. The van der Waals surface area contributed by atoms with Gasteiger partial charge in [0.25, 0.3) is 0 Å². The molecule has 1 rings (SSSR count). The number of phenols is 1. The van der Waals surface area contributed by atoms with E-state index in [1.165, 1.54) is 0 Å². The maximum Gasteiger partial charge on any atom is 0.239 e. The summed E-state index contributed by atoms with van der Waals surface area (Å²) < 4.78 is 0. The number of benzene rings is 1. The second-order valence-electron chi connectivity index (χ2n) is 5.33. The van der Waals surface area contributed by atoms with E-state index in [0.717, 1.165) is 12.8 Å². The number of hydrogen-bond donors (Lipinski definition) is 2. The summed E-state index contributed by atoms with van der Waals surface area (Å²) in [5.74, 6) is 0.0896. The van der Waals surface area contributed by atoms with Gasteiger partial charge in [0.05, 0.1) is 10.4 Å². The zero-order valence-corrected chi connectivity index (χ0v) is 13.7. The minimum Gasteiger partial charge on any atom is -0.508 e. The van der Waals surface area contributed by atoms with Gasteiger partial charge in [-0.25, -0.2) is 0 Å². The highest BCUT2D eigenvalue weighted by molar-refractivity contribution is 7.80. The first-order chi connectivity index (χ1) is 9.89. The number of carbonyl (C=O) groups is 1. The minimum atomic E-state index is -0.786. The molecule has 1 aromatic rings. The van der Waals surface area contributed by atoms with E-state index in [0.29, 0.717) is 18.5 Å². The lowest BCUT2D eigenvalue weighted by Gasteiger charge is -2.35. The van der Waals surface area contributed by atoms with Crippen molar-refractivity contribution < 1.29 is 9.90 Å². The number of thiocarbonyl (C=S) groups is 1. The van der Waals surface area contributed by atoms with Crippen molar-refractivity contribution in [1.82, 2.24) is 0 Å². The second-order valence-corrected chi connectivity index (χ2v) is 5.77. The second kappa shape index (κ2) is 7.41. The average molecular weight is 308 g/mol. The molecule has 0 aliphatic carbocycles. The molecular weight excluding hydrogens is 284 g/mol. The number of nitrogens with two attached hydrogens (primary N) is 1. The summed E-state index contributed by atoms with van der Waals surface area (Å²) in [5.41, 5.74) is 5.86. The fourth-order valence-electron chi connectivity index (χ4n) is 2.66. The first-order valence-corrected chi connectivity index (χ1v) is 7.67. The summed E-state index contributed by atoms with van der Waals surface area (Å²) in [6, 6.07) is 6.52. The number of aromatic hydroxyl groups is 1. The SMILES string of the molecule is CCCC(CCC)(C(=O)N(C)c1ccc(O)cc1)C(N)=S. The first-order valence-electron chi connectivity index (χ1n) is 7.26. The van der Waals surface area contributed by atoms with Crippen LogP contribution in [-0.2, 0) is 4.79 Å². The smallest absolute Gasteiger partial charge is 0.239 e. The highest BCUT2D eigenvalue weighted by Crippen LogP contribution is 2.34. The minimum absolute atomic E-state index is 0.0793. The van der Waals surface area contributed by atoms with E-state index in [2.05, 4.69) is 0 Å². The molecule has 3 N–H and O–H groups in total. The standard InChI is InChI=1S/C16H24N2O2S/c1-4-10-16(11-5-2,14(17)21)15(20)18(3)12-6-8-13(19)9-7-12/h6-9,19H,4-5,10-11H2,1-3H3,(H2,17,21). The number of phenolic OH excluding ortho intramolecular Hbond substituents is 1. The Labute approximate surface area is 131 Å². The molecule has 0 bridgehead atoms. The summed E-state index contributed by atoms with van der Waals surface area (Å²) in [7, 11) is 1.72. The molecule has 0 atom stereocenters. The van der Waals surface area contributed by atoms with Crippen molar-refractivity contribution in [3.8, 4) is 5.75 Å². The highest BCUT2D eigenvalue weighted by Gasteiger charge is 2.41. The molecule has 0 aliphatic heterocycles. The molecule has 4 nitrogen and oxygen atoms in total. The van der Waals surface area contributed by atoms with E-state index < -0.39 is 5.41 Å². The Bertz CT molecular complexity index is 494. The summed E-state index contributed by atoms with van der Waals surface area (Å²) >= 11 is 5.22. The van der Waals surface area contributed by atoms with Crippen molar-refractivity contribution in [3.63, 3.8) is 0 Å². The average Bonchev–Trinajstić information content (AvgIpc) is 2.46. The lowest BCUT2D eigenvalue weighted by atomic mass is 9.77. The van der Waals surface area contributed by atoms with Gasteiger partial charge in [0.1, 0.15) is 5.75 Å². The maximum absolute atomic E-state index is 13.0. The third kappa shape index (κ3) is 3.73. The number of anilines is 1. The molecule has 0 aromatic heterocycles. The van der Waals surface area contributed by atoms with Gasteiger partial charge in [-0.15, -0.1) is 0 Å². The van der Waals surface area contributed by atoms with Crippen molar-refractivity contribution in [2.75, 3.05) is 11.9 Å². The van der Waals surface area contributed by atoms with E-state index in [1.807, 2.05) is 13.8 Å². The predicted octanol–water partition coefficient (Wildman–Crippen LogP) is 3.23. The van der Waals surface area contributed by atoms with E-state index >= 15 is 0 Å². The molecular formula is C16H24N2O2S. The predicted molar refractivity (Wildman–Crippen MR) is 90.6 cm³/mol. The normalized spacial score (nSPS) is 11.2. The van der Waals surface area contributed by atoms with Crippen LogP contribution in [0.1, 0.15) is 39.5 Å². The largest absolute Gasteiger partial charge is 0.508 e.